The topological polar surface area (TPSA) is 44.6 Å². The average Bonchev–Trinajstić information content (AvgIpc) is 3.15. The Hall–Kier alpha value is -1.70. The van der Waals surface area contributed by atoms with E-state index in [-0.39, 0.29) is 24.0 Å². The Kier molecular flexibility index (Phi) is 11.6. The molecule has 0 aliphatic heterocycles. The van der Waals surface area contributed by atoms with Gasteiger partial charge in [-0.05, 0) is 44.0 Å². The SMILES string of the molecule is CCNC(=NCCCCN(C)c1ccccc1)NCCn1cccc1.I. The lowest BCUT2D eigenvalue weighted by atomic mass is 10.2. The third kappa shape index (κ3) is 8.60. The van der Waals surface area contributed by atoms with Crippen LogP contribution in [-0.2, 0) is 6.54 Å². The molecule has 1 heterocycles. The van der Waals surface area contributed by atoms with Crippen LogP contribution in [-0.4, -0.2) is 43.8 Å². The van der Waals surface area contributed by atoms with Crippen LogP contribution in [0.25, 0.3) is 0 Å². The van der Waals surface area contributed by atoms with E-state index in [2.05, 4.69) is 81.8 Å². The molecule has 2 rings (SSSR count). The van der Waals surface area contributed by atoms with E-state index in [1.165, 1.54) is 5.69 Å². The fraction of sp³-hybridized carbons (Fsp3) is 0.450. The quantitative estimate of drug-likeness (QED) is 0.242. The van der Waals surface area contributed by atoms with Crippen molar-refractivity contribution in [1.29, 1.82) is 0 Å². The zero-order valence-electron chi connectivity index (χ0n) is 15.9. The van der Waals surface area contributed by atoms with Crippen molar-refractivity contribution in [2.75, 3.05) is 38.1 Å². The predicted octanol–water partition coefficient (Wildman–Crippen LogP) is 3.58. The first-order valence-electron chi connectivity index (χ1n) is 9.18. The first-order valence-corrected chi connectivity index (χ1v) is 9.18. The Morgan fingerprint density at radius 1 is 1.04 bits per heavy atom. The van der Waals surface area contributed by atoms with Crippen molar-refractivity contribution < 1.29 is 0 Å². The molecule has 0 atom stereocenters. The van der Waals surface area contributed by atoms with Crippen LogP contribution < -0.4 is 15.5 Å². The highest BCUT2D eigenvalue weighted by Crippen LogP contribution is 2.11. The molecule has 5 nitrogen and oxygen atoms in total. The van der Waals surface area contributed by atoms with Crippen molar-refractivity contribution in [2.45, 2.75) is 26.3 Å². The first kappa shape index (κ1) is 22.3. The van der Waals surface area contributed by atoms with E-state index in [1.807, 2.05) is 12.1 Å². The molecule has 0 aliphatic rings. The molecule has 0 spiro atoms. The summed E-state index contributed by atoms with van der Waals surface area (Å²) in [7, 11) is 2.14. The summed E-state index contributed by atoms with van der Waals surface area (Å²) in [4.78, 5) is 6.96. The molecule has 2 N–H and O–H groups in total. The van der Waals surface area contributed by atoms with Crippen LogP contribution in [0.2, 0.25) is 0 Å². The standard InChI is InChI=1S/C20H31N5.HI/c1-3-21-20(23-14-18-25-16-9-10-17-25)22-13-7-8-15-24(2)19-11-5-4-6-12-19;/h4-6,9-12,16-17H,3,7-8,13-15,18H2,1-2H3,(H2,21,22,23);1H. The second-order valence-electron chi connectivity index (χ2n) is 6.07. The highest BCUT2D eigenvalue weighted by atomic mass is 127. The van der Waals surface area contributed by atoms with Gasteiger partial charge in [0.05, 0.1) is 0 Å². The third-order valence-electron chi connectivity index (χ3n) is 4.04. The Labute approximate surface area is 174 Å². The van der Waals surface area contributed by atoms with E-state index in [1.54, 1.807) is 0 Å². The number of guanidine groups is 1. The predicted molar refractivity (Wildman–Crippen MR) is 123 cm³/mol. The highest BCUT2D eigenvalue weighted by molar-refractivity contribution is 14.0. The summed E-state index contributed by atoms with van der Waals surface area (Å²) in [5.74, 6) is 0.908. The lowest BCUT2D eigenvalue weighted by Gasteiger charge is -2.18. The Bertz CT molecular complexity index is 598. The van der Waals surface area contributed by atoms with Crippen LogP contribution in [0.1, 0.15) is 19.8 Å². The number of nitrogens with one attached hydrogen (secondary N) is 2. The highest BCUT2D eigenvalue weighted by Gasteiger charge is 2.00. The van der Waals surface area contributed by atoms with Gasteiger partial charge < -0.3 is 20.1 Å². The van der Waals surface area contributed by atoms with Crippen LogP contribution in [0, 0.1) is 0 Å². The van der Waals surface area contributed by atoms with Gasteiger partial charge in [0, 0.05) is 57.9 Å². The Morgan fingerprint density at radius 3 is 2.46 bits per heavy atom. The molecule has 6 heteroatoms. The van der Waals surface area contributed by atoms with E-state index >= 15 is 0 Å². The summed E-state index contributed by atoms with van der Waals surface area (Å²) < 4.78 is 2.16. The number of benzene rings is 1. The Balaban J connectivity index is 0.00000338. The van der Waals surface area contributed by atoms with Crippen LogP contribution in [0.3, 0.4) is 0 Å². The summed E-state index contributed by atoms with van der Waals surface area (Å²) in [6.07, 6.45) is 6.38. The van der Waals surface area contributed by atoms with Crippen molar-refractivity contribution in [3.63, 3.8) is 0 Å². The molecule has 0 radical (unpaired) electrons. The molecule has 0 fully saturated rings. The molecule has 0 aliphatic carbocycles. The van der Waals surface area contributed by atoms with Gasteiger partial charge in [-0.15, -0.1) is 24.0 Å². The van der Waals surface area contributed by atoms with Crippen molar-refractivity contribution in [3.8, 4) is 0 Å². The number of hydrogen-bond donors (Lipinski definition) is 2. The normalized spacial score (nSPS) is 10.9. The van der Waals surface area contributed by atoms with Crippen LogP contribution in [0.5, 0.6) is 0 Å². The van der Waals surface area contributed by atoms with Crippen LogP contribution in [0.15, 0.2) is 59.9 Å². The molecule has 144 valence electrons. The number of unbranched alkanes of at least 4 members (excludes halogenated alkanes) is 1. The number of hydrogen-bond acceptors (Lipinski definition) is 2. The van der Waals surface area contributed by atoms with E-state index in [0.29, 0.717) is 0 Å². The molecule has 2 aromatic rings. The maximum Gasteiger partial charge on any atom is 0.191 e. The molecule has 0 amide bonds. The number of anilines is 1. The first-order chi connectivity index (χ1) is 12.3. The smallest absolute Gasteiger partial charge is 0.191 e. The maximum atomic E-state index is 4.67. The Morgan fingerprint density at radius 2 is 1.77 bits per heavy atom. The average molecular weight is 469 g/mol. The summed E-state index contributed by atoms with van der Waals surface area (Å²) in [6.45, 7) is 6.69. The zero-order valence-corrected chi connectivity index (χ0v) is 18.2. The van der Waals surface area contributed by atoms with Gasteiger partial charge >= 0.3 is 0 Å². The van der Waals surface area contributed by atoms with Gasteiger partial charge in [0.25, 0.3) is 0 Å². The van der Waals surface area contributed by atoms with Crippen molar-refractivity contribution in [1.82, 2.24) is 15.2 Å². The molecular weight excluding hydrogens is 437 g/mol. The number of aromatic nitrogens is 1. The summed E-state index contributed by atoms with van der Waals surface area (Å²) in [5.41, 5.74) is 1.27. The lowest BCUT2D eigenvalue weighted by molar-refractivity contribution is 0.662. The molecule has 0 bridgehead atoms. The van der Waals surface area contributed by atoms with E-state index in [0.717, 1.165) is 51.5 Å². The number of rotatable bonds is 10. The van der Waals surface area contributed by atoms with Gasteiger partial charge in [-0.2, -0.15) is 0 Å². The van der Waals surface area contributed by atoms with E-state index < -0.39 is 0 Å². The van der Waals surface area contributed by atoms with E-state index in [9.17, 15) is 0 Å². The van der Waals surface area contributed by atoms with Gasteiger partial charge in [0.1, 0.15) is 0 Å². The van der Waals surface area contributed by atoms with Gasteiger partial charge in [0.2, 0.25) is 0 Å². The molecular formula is C20H32IN5. The maximum absolute atomic E-state index is 4.67. The zero-order chi connectivity index (χ0) is 17.7. The fourth-order valence-electron chi connectivity index (χ4n) is 2.63. The molecule has 26 heavy (non-hydrogen) atoms. The molecule has 0 unspecified atom stereocenters. The fourth-order valence-corrected chi connectivity index (χ4v) is 2.63. The van der Waals surface area contributed by atoms with Crippen molar-refractivity contribution >= 4 is 35.6 Å². The second kappa shape index (κ2) is 13.5. The number of halogens is 1. The minimum absolute atomic E-state index is 0. The molecule has 0 saturated heterocycles. The van der Waals surface area contributed by atoms with Crippen molar-refractivity contribution in [3.05, 3.63) is 54.9 Å². The number of aliphatic imine (C=N–C) groups is 1. The number of nitrogens with zero attached hydrogens (tertiary/aromatic N) is 3. The minimum Gasteiger partial charge on any atom is -0.375 e. The van der Waals surface area contributed by atoms with E-state index in [4.69, 9.17) is 0 Å². The van der Waals surface area contributed by atoms with Crippen LogP contribution in [0.4, 0.5) is 5.69 Å². The van der Waals surface area contributed by atoms with Gasteiger partial charge in [-0.25, -0.2) is 0 Å². The third-order valence-corrected chi connectivity index (χ3v) is 4.04. The molecule has 0 saturated carbocycles. The van der Waals surface area contributed by atoms with Gasteiger partial charge in [0.15, 0.2) is 5.96 Å². The summed E-state index contributed by atoms with van der Waals surface area (Å²) in [6, 6.07) is 14.6. The van der Waals surface area contributed by atoms with Crippen molar-refractivity contribution in [2.24, 2.45) is 4.99 Å². The second-order valence-corrected chi connectivity index (χ2v) is 6.07. The monoisotopic (exact) mass is 469 g/mol. The van der Waals surface area contributed by atoms with Gasteiger partial charge in [-0.1, -0.05) is 18.2 Å². The summed E-state index contributed by atoms with van der Waals surface area (Å²) >= 11 is 0. The summed E-state index contributed by atoms with van der Waals surface area (Å²) in [5, 5.41) is 6.70. The van der Waals surface area contributed by atoms with Crippen LogP contribution >= 0.6 is 24.0 Å². The molecule has 1 aromatic heterocycles. The van der Waals surface area contributed by atoms with Gasteiger partial charge in [-0.3, -0.25) is 4.99 Å². The largest absolute Gasteiger partial charge is 0.375 e. The minimum atomic E-state index is 0. The number of para-hydroxylation sites is 1. The lowest BCUT2D eigenvalue weighted by Crippen LogP contribution is -2.38. The molecule has 1 aromatic carbocycles.